The molecule has 0 saturated heterocycles. The van der Waals surface area contributed by atoms with Gasteiger partial charge in [0.25, 0.3) is 0 Å². The van der Waals surface area contributed by atoms with Crippen LogP contribution in [0.3, 0.4) is 0 Å². The van der Waals surface area contributed by atoms with Crippen LogP contribution in [-0.4, -0.2) is 7.57 Å². The average Bonchev–Trinajstić information content (AvgIpc) is 0.811. The summed E-state index contributed by atoms with van der Waals surface area (Å²) in [6.07, 6.45) is 0. The Labute approximate surface area is 43.8 Å². The molecule has 4 heavy (non-hydrogen) atoms. The Balaban J connectivity index is 2.32. The fraction of sp³-hybridized carbons (Fsp3) is 0. The lowest BCUT2D eigenvalue weighted by Crippen LogP contribution is -1.24. The molecule has 4 heteroatoms. The number of hydrogen-bond donors (Lipinski definition) is 0. The first-order valence-corrected chi connectivity index (χ1v) is 6.50. The minimum absolute atomic E-state index is 0.234. The zero-order valence-electron chi connectivity index (χ0n) is 1.98. The number of halogens is 1. The van der Waals surface area contributed by atoms with Crippen molar-refractivity contribution >= 4 is 43.7 Å². The Morgan fingerprint density at radius 2 is 2.00 bits per heavy atom. The molecule has 0 rings (SSSR count). The van der Waals surface area contributed by atoms with Crippen molar-refractivity contribution in [3.8, 4) is 0 Å². The fourth-order valence-corrected chi connectivity index (χ4v) is 0. The minimum Gasteiger partial charge on any atom is -0.111 e. The summed E-state index contributed by atoms with van der Waals surface area (Å²) >= 11 is 2.15. The van der Waals surface area contributed by atoms with Crippen molar-refractivity contribution in [3.05, 3.63) is 0 Å². The van der Waals surface area contributed by atoms with Gasteiger partial charge in [-0.25, -0.2) is 0 Å². The molecule has 0 nitrogen and oxygen atoms in total. The van der Waals surface area contributed by atoms with Crippen LogP contribution in [0.5, 0.6) is 0 Å². The molecule has 0 aromatic heterocycles. The van der Waals surface area contributed by atoms with E-state index < -0.39 is 0 Å². The SMILES string of the molecule is [B]P(P)I. The van der Waals surface area contributed by atoms with E-state index in [1.54, 1.807) is 0 Å². The second kappa shape index (κ2) is 2.87. The third-order valence-electron chi connectivity index (χ3n) is 0. The summed E-state index contributed by atoms with van der Waals surface area (Å²) in [5.41, 5.74) is 0. The van der Waals surface area contributed by atoms with Gasteiger partial charge < -0.3 is 0 Å². The lowest BCUT2D eigenvalue weighted by Gasteiger charge is -1.78. The lowest BCUT2D eigenvalue weighted by molar-refractivity contribution is 4.99. The van der Waals surface area contributed by atoms with Crippen LogP contribution in [0.15, 0.2) is 0 Å². The van der Waals surface area contributed by atoms with Crippen LogP contribution >= 0.6 is 36.1 Å². The van der Waals surface area contributed by atoms with Gasteiger partial charge in [0, 0.05) is 0 Å². The fourth-order valence-electron chi connectivity index (χ4n) is 0. The maximum absolute atomic E-state index is 5.13. The van der Waals surface area contributed by atoms with Crippen LogP contribution in [0.4, 0.5) is 0 Å². The third kappa shape index (κ3) is 9.41. The predicted octanol–water partition coefficient (Wildman–Crippen LogP) is 1.69. The normalized spacial score (nSPS) is 15.5. The second-order valence-electron chi connectivity index (χ2n) is 0.344. The van der Waals surface area contributed by atoms with Gasteiger partial charge in [0.05, 0.1) is 0 Å². The van der Waals surface area contributed by atoms with Crippen molar-refractivity contribution in [2.24, 2.45) is 0 Å². The molecule has 2 unspecified atom stereocenters. The highest BCUT2D eigenvalue weighted by Crippen LogP contribution is 2.47. The number of hydrogen-bond acceptors (Lipinski definition) is 0. The topological polar surface area (TPSA) is 0 Å². The maximum Gasteiger partial charge on any atom is 0.128 e. The molecule has 0 heterocycles. The standard InChI is InChI=1S/BH2IP2/c1-4(2)3/h3H2. The van der Waals surface area contributed by atoms with Gasteiger partial charge in [-0.05, 0) is 0 Å². The molecule has 2 radical (unpaired) electrons. The van der Waals surface area contributed by atoms with E-state index in [9.17, 15) is 0 Å². The summed E-state index contributed by atoms with van der Waals surface area (Å²) < 4.78 is 0. The van der Waals surface area contributed by atoms with Crippen LogP contribution in [0.25, 0.3) is 0 Å². The van der Waals surface area contributed by atoms with Gasteiger partial charge in [0.1, 0.15) is 7.57 Å². The minimum atomic E-state index is -0.234. The Hall–Kier alpha value is 1.65. The molecule has 0 spiro atoms. The highest BCUT2D eigenvalue weighted by Gasteiger charge is 1.69. The van der Waals surface area contributed by atoms with Crippen molar-refractivity contribution in [2.75, 3.05) is 0 Å². The molecule has 0 aromatic rings. The molecule has 0 N–H and O–H groups in total. The summed E-state index contributed by atoms with van der Waals surface area (Å²) in [7, 11) is 7.61. The lowest BCUT2D eigenvalue weighted by atomic mass is 10.8. The van der Waals surface area contributed by atoms with E-state index in [1.807, 2.05) is 0 Å². The van der Waals surface area contributed by atoms with Crippen molar-refractivity contribution < 1.29 is 0 Å². The third-order valence-corrected chi connectivity index (χ3v) is 0. The first-order chi connectivity index (χ1) is 1.73. The maximum atomic E-state index is 5.13. The monoisotopic (exact) mass is 202 g/mol. The molecule has 0 aliphatic carbocycles. The molecule has 22 valence electrons. The molecule has 0 amide bonds. The van der Waals surface area contributed by atoms with Gasteiger partial charge in [0.2, 0.25) is 0 Å². The van der Waals surface area contributed by atoms with Crippen LogP contribution in [0, 0.1) is 0 Å². The van der Waals surface area contributed by atoms with Gasteiger partial charge in [-0.2, -0.15) is 0 Å². The first kappa shape index (κ1) is 5.65. The predicted molar refractivity (Wildman–Crippen MR) is 36.4 cm³/mol. The van der Waals surface area contributed by atoms with Gasteiger partial charge in [0.15, 0.2) is 0 Å². The van der Waals surface area contributed by atoms with Crippen molar-refractivity contribution in [1.29, 1.82) is 0 Å². The molecule has 0 aromatic carbocycles. The molecular weight excluding hydrogens is 200 g/mol. The van der Waals surface area contributed by atoms with Gasteiger partial charge >= 0.3 is 0 Å². The second-order valence-corrected chi connectivity index (χ2v) is 9.20. The summed E-state index contributed by atoms with van der Waals surface area (Å²) in [4.78, 5) is 0. The summed E-state index contributed by atoms with van der Waals surface area (Å²) in [6, 6.07) is 0. The zero-order valence-corrected chi connectivity index (χ0v) is 6.19. The molecule has 0 fully saturated rings. The summed E-state index contributed by atoms with van der Waals surface area (Å²) in [5.74, 6) is 0. The largest absolute Gasteiger partial charge is 0.128 e. The van der Waals surface area contributed by atoms with Crippen molar-refractivity contribution in [3.63, 3.8) is 0 Å². The van der Waals surface area contributed by atoms with Crippen LogP contribution in [0.1, 0.15) is 0 Å². The van der Waals surface area contributed by atoms with Gasteiger partial charge in [-0.15, -0.1) is 8.93 Å². The van der Waals surface area contributed by atoms with E-state index >= 15 is 0 Å². The zero-order chi connectivity index (χ0) is 3.58. The summed E-state index contributed by atoms with van der Waals surface area (Å²) in [6.45, 7) is 0. The van der Waals surface area contributed by atoms with E-state index in [0.717, 1.165) is 0 Å². The van der Waals surface area contributed by atoms with Gasteiger partial charge in [-0.1, -0.05) is 27.2 Å². The van der Waals surface area contributed by atoms with Crippen LogP contribution in [0.2, 0.25) is 0 Å². The molecular formula is H2BIP2. The van der Waals surface area contributed by atoms with E-state index in [2.05, 4.69) is 31.0 Å². The summed E-state index contributed by atoms with van der Waals surface area (Å²) in [5, 5.41) is -0.234. The van der Waals surface area contributed by atoms with Gasteiger partial charge in [-0.3, -0.25) is 0 Å². The Morgan fingerprint density at radius 3 is 2.00 bits per heavy atom. The molecule has 0 aliphatic rings. The smallest absolute Gasteiger partial charge is 0.111 e. The van der Waals surface area contributed by atoms with E-state index in [-0.39, 0.29) is 5.13 Å². The molecule has 2 atom stereocenters. The quantitative estimate of drug-likeness (QED) is 0.318. The highest BCUT2D eigenvalue weighted by atomic mass is 127. The Bertz CT molecular complexity index is 10.8. The Morgan fingerprint density at radius 1 is 2.00 bits per heavy atom. The molecule has 0 bridgehead atoms. The number of rotatable bonds is 0. The van der Waals surface area contributed by atoms with E-state index in [1.165, 1.54) is 0 Å². The average molecular weight is 202 g/mol. The Kier molecular flexibility index (Phi) is 4.06. The first-order valence-electron chi connectivity index (χ1n) is 0.685. The van der Waals surface area contributed by atoms with Crippen LogP contribution < -0.4 is 0 Å². The van der Waals surface area contributed by atoms with E-state index in [4.69, 9.17) is 7.57 Å². The van der Waals surface area contributed by atoms with Crippen molar-refractivity contribution in [1.82, 2.24) is 0 Å². The molecule has 0 saturated carbocycles. The highest BCUT2D eigenvalue weighted by molar-refractivity contribution is 14.2. The van der Waals surface area contributed by atoms with E-state index in [0.29, 0.717) is 0 Å². The van der Waals surface area contributed by atoms with Crippen LogP contribution in [-0.2, 0) is 0 Å². The molecule has 0 aliphatic heterocycles. The van der Waals surface area contributed by atoms with Crippen molar-refractivity contribution in [2.45, 2.75) is 0 Å².